The Morgan fingerprint density at radius 3 is 2.88 bits per heavy atom. The molecule has 0 aliphatic carbocycles. The molecule has 1 aliphatic rings. The molecule has 0 bridgehead atoms. The smallest absolute Gasteiger partial charge is 0.320 e. The molecular weight excluding hydrogens is 222 g/mol. The monoisotopic (exact) mass is 243 g/mol. The van der Waals surface area contributed by atoms with Crippen molar-refractivity contribution < 1.29 is 14.7 Å². The van der Waals surface area contributed by atoms with Crippen molar-refractivity contribution in [3.63, 3.8) is 0 Å². The number of carboxylic acids is 1. The van der Waals surface area contributed by atoms with Gasteiger partial charge in [0.05, 0.1) is 5.92 Å². The Labute approximate surface area is 101 Å². The van der Waals surface area contributed by atoms with Gasteiger partial charge in [-0.2, -0.15) is 0 Å². The zero-order valence-corrected chi connectivity index (χ0v) is 10.2. The fourth-order valence-corrected chi connectivity index (χ4v) is 2.07. The van der Waals surface area contributed by atoms with E-state index in [2.05, 4.69) is 5.32 Å². The SMILES string of the molecule is CC(C(=O)O)N1CCCC(C(=O)NCCN)C1. The van der Waals surface area contributed by atoms with Gasteiger partial charge in [0.25, 0.3) is 0 Å². The maximum absolute atomic E-state index is 11.8. The summed E-state index contributed by atoms with van der Waals surface area (Å²) in [4.78, 5) is 24.5. The van der Waals surface area contributed by atoms with Crippen LogP contribution in [0.25, 0.3) is 0 Å². The lowest BCUT2D eigenvalue weighted by Gasteiger charge is -2.34. The summed E-state index contributed by atoms with van der Waals surface area (Å²) >= 11 is 0. The Hall–Kier alpha value is -1.14. The molecule has 2 unspecified atom stereocenters. The third-order valence-corrected chi connectivity index (χ3v) is 3.17. The lowest BCUT2D eigenvalue weighted by molar-refractivity contribution is -0.144. The van der Waals surface area contributed by atoms with Gasteiger partial charge in [-0.05, 0) is 26.3 Å². The molecule has 98 valence electrons. The van der Waals surface area contributed by atoms with Gasteiger partial charge in [0, 0.05) is 19.6 Å². The van der Waals surface area contributed by atoms with Crippen LogP contribution >= 0.6 is 0 Å². The van der Waals surface area contributed by atoms with Crippen molar-refractivity contribution in [3.05, 3.63) is 0 Å². The van der Waals surface area contributed by atoms with E-state index in [0.29, 0.717) is 19.6 Å². The van der Waals surface area contributed by atoms with Gasteiger partial charge in [-0.25, -0.2) is 0 Å². The quantitative estimate of drug-likeness (QED) is 0.590. The summed E-state index contributed by atoms with van der Waals surface area (Å²) in [6.07, 6.45) is 1.68. The fraction of sp³-hybridized carbons (Fsp3) is 0.818. The molecule has 0 saturated carbocycles. The number of nitrogens with two attached hydrogens (primary N) is 1. The minimum absolute atomic E-state index is 0.0160. The van der Waals surface area contributed by atoms with Gasteiger partial charge in [-0.15, -0.1) is 0 Å². The van der Waals surface area contributed by atoms with E-state index in [1.165, 1.54) is 0 Å². The summed E-state index contributed by atoms with van der Waals surface area (Å²) in [6.45, 7) is 3.82. The van der Waals surface area contributed by atoms with Crippen LogP contribution in [-0.4, -0.2) is 54.1 Å². The molecule has 17 heavy (non-hydrogen) atoms. The number of piperidine rings is 1. The number of rotatable bonds is 5. The number of hydrogen-bond acceptors (Lipinski definition) is 4. The number of hydrogen-bond donors (Lipinski definition) is 3. The summed E-state index contributed by atoms with van der Waals surface area (Å²) < 4.78 is 0. The van der Waals surface area contributed by atoms with Crippen molar-refractivity contribution in [1.29, 1.82) is 0 Å². The third-order valence-electron chi connectivity index (χ3n) is 3.17. The number of aliphatic carboxylic acids is 1. The van der Waals surface area contributed by atoms with E-state index in [4.69, 9.17) is 10.8 Å². The molecule has 1 amide bonds. The van der Waals surface area contributed by atoms with Crippen molar-refractivity contribution >= 4 is 11.9 Å². The van der Waals surface area contributed by atoms with E-state index < -0.39 is 12.0 Å². The molecule has 1 aliphatic heterocycles. The summed E-state index contributed by atoms with van der Waals surface area (Å²) in [5, 5.41) is 11.7. The van der Waals surface area contributed by atoms with Crippen LogP contribution in [0, 0.1) is 5.92 Å². The Kier molecular flexibility index (Phi) is 5.37. The second kappa shape index (κ2) is 6.56. The van der Waals surface area contributed by atoms with E-state index >= 15 is 0 Å². The van der Waals surface area contributed by atoms with Crippen LogP contribution in [0.2, 0.25) is 0 Å². The number of carboxylic acid groups (broad SMARTS) is 1. The first-order valence-electron chi connectivity index (χ1n) is 6.01. The first kappa shape index (κ1) is 13.9. The largest absolute Gasteiger partial charge is 0.480 e. The van der Waals surface area contributed by atoms with Gasteiger partial charge < -0.3 is 16.2 Å². The molecule has 0 aromatic heterocycles. The van der Waals surface area contributed by atoms with E-state index in [1.807, 2.05) is 4.90 Å². The lowest BCUT2D eigenvalue weighted by Crippen LogP contribution is -2.49. The highest BCUT2D eigenvalue weighted by Crippen LogP contribution is 2.18. The maximum atomic E-state index is 11.8. The Balaban J connectivity index is 2.48. The van der Waals surface area contributed by atoms with Crippen LogP contribution in [0.3, 0.4) is 0 Å². The molecule has 4 N–H and O–H groups in total. The Morgan fingerprint density at radius 2 is 2.29 bits per heavy atom. The molecule has 6 heteroatoms. The van der Waals surface area contributed by atoms with E-state index in [9.17, 15) is 9.59 Å². The van der Waals surface area contributed by atoms with E-state index in [1.54, 1.807) is 6.92 Å². The molecule has 1 fully saturated rings. The normalized spacial score (nSPS) is 23.1. The summed E-state index contributed by atoms with van der Waals surface area (Å²) in [5.41, 5.74) is 5.32. The number of carbonyl (C=O) groups is 2. The number of nitrogens with one attached hydrogen (secondary N) is 1. The van der Waals surface area contributed by atoms with Gasteiger partial charge in [0.15, 0.2) is 0 Å². The van der Waals surface area contributed by atoms with Gasteiger partial charge in [0.2, 0.25) is 5.91 Å². The number of carbonyl (C=O) groups excluding carboxylic acids is 1. The Morgan fingerprint density at radius 1 is 1.59 bits per heavy atom. The minimum atomic E-state index is -0.840. The minimum Gasteiger partial charge on any atom is -0.480 e. The molecule has 0 radical (unpaired) electrons. The maximum Gasteiger partial charge on any atom is 0.320 e. The Bertz CT molecular complexity index is 283. The number of likely N-dealkylation sites (tertiary alicyclic amines) is 1. The zero-order chi connectivity index (χ0) is 12.8. The molecule has 1 rings (SSSR count). The van der Waals surface area contributed by atoms with Crippen LogP contribution in [-0.2, 0) is 9.59 Å². The van der Waals surface area contributed by atoms with Gasteiger partial charge >= 0.3 is 5.97 Å². The van der Waals surface area contributed by atoms with Crippen molar-refractivity contribution in [2.75, 3.05) is 26.2 Å². The second-order valence-electron chi connectivity index (χ2n) is 4.43. The second-order valence-corrected chi connectivity index (χ2v) is 4.43. The summed E-state index contributed by atoms with van der Waals surface area (Å²) in [6, 6.07) is -0.528. The van der Waals surface area contributed by atoms with Crippen molar-refractivity contribution in [1.82, 2.24) is 10.2 Å². The lowest BCUT2D eigenvalue weighted by atomic mass is 9.96. The highest BCUT2D eigenvalue weighted by atomic mass is 16.4. The molecule has 0 spiro atoms. The highest BCUT2D eigenvalue weighted by molar-refractivity contribution is 5.79. The third kappa shape index (κ3) is 3.98. The standard InChI is InChI=1S/C11H21N3O3/c1-8(11(16)17)14-6-2-3-9(7-14)10(15)13-5-4-12/h8-9H,2-7,12H2,1H3,(H,13,15)(H,16,17). The van der Waals surface area contributed by atoms with Gasteiger partial charge in [-0.1, -0.05) is 0 Å². The van der Waals surface area contributed by atoms with Crippen LogP contribution in [0.4, 0.5) is 0 Å². The average Bonchev–Trinajstić information content (AvgIpc) is 2.35. The summed E-state index contributed by atoms with van der Waals surface area (Å²) in [5.74, 6) is -0.970. The van der Waals surface area contributed by atoms with Crippen molar-refractivity contribution in [2.24, 2.45) is 11.7 Å². The van der Waals surface area contributed by atoms with Gasteiger partial charge in [0.1, 0.15) is 6.04 Å². The summed E-state index contributed by atoms with van der Waals surface area (Å²) in [7, 11) is 0. The van der Waals surface area contributed by atoms with E-state index in [0.717, 1.165) is 19.4 Å². The number of nitrogens with zero attached hydrogens (tertiary/aromatic N) is 1. The fourth-order valence-electron chi connectivity index (χ4n) is 2.07. The van der Waals surface area contributed by atoms with Crippen molar-refractivity contribution in [3.8, 4) is 0 Å². The van der Waals surface area contributed by atoms with E-state index in [-0.39, 0.29) is 11.8 Å². The van der Waals surface area contributed by atoms with Crippen LogP contribution in [0.15, 0.2) is 0 Å². The predicted octanol–water partition coefficient (Wildman–Crippen LogP) is -0.754. The molecular formula is C11H21N3O3. The van der Waals surface area contributed by atoms with Crippen LogP contribution < -0.4 is 11.1 Å². The van der Waals surface area contributed by atoms with Crippen LogP contribution in [0.5, 0.6) is 0 Å². The molecule has 6 nitrogen and oxygen atoms in total. The molecule has 0 aromatic rings. The van der Waals surface area contributed by atoms with Crippen LogP contribution in [0.1, 0.15) is 19.8 Å². The molecule has 1 saturated heterocycles. The van der Waals surface area contributed by atoms with Gasteiger partial charge in [-0.3, -0.25) is 14.5 Å². The molecule has 0 aromatic carbocycles. The average molecular weight is 243 g/mol. The molecule has 2 atom stereocenters. The number of amides is 1. The highest BCUT2D eigenvalue weighted by Gasteiger charge is 2.30. The zero-order valence-electron chi connectivity index (χ0n) is 10.2. The molecule has 1 heterocycles. The van der Waals surface area contributed by atoms with Crippen molar-refractivity contribution in [2.45, 2.75) is 25.8 Å². The first-order chi connectivity index (χ1) is 8.06. The first-order valence-corrected chi connectivity index (χ1v) is 6.01. The predicted molar refractivity (Wildman–Crippen MR) is 63.5 cm³/mol. The topological polar surface area (TPSA) is 95.7 Å².